The Balaban J connectivity index is 1.48. The lowest BCUT2D eigenvalue weighted by atomic mass is 10.0. The van der Waals surface area contributed by atoms with Crippen LogP contribution in [0.25, 0.3) is 22.8 Å². The van der Waals surface area contributed by atoms with Crippen molar-refractivity contribution in [3.05, 3.63) is 102 Å². The van der Waals surface area contributed by atoms with E-state index in [2.05, 4.69) is 22.4 Å². The van der Waals surface area contributed by atoms with Crippen molar-refractivity contribution < 1.29 is 9.21 Å². The first-order valence-electron chi connectivity index (χ1n) is 10.2. The average Bonchev–Trinajstić information content (AvgIpc) is 3.29. The molecule has 3 aromatic carbocycles. The highest BCUT2D eigenvalue weighted by Crippen LogP contribution is 2.28. The van der Waals surface area contributed by atoms with Gasteiger partial charge in [0, 0.05) is 17.2 Å². The molecule has 1 heterocycles. The zero-order valence-corrected chi connectivity index (χ0v) is 16.9. The number of oxazole rings is 1. The van der Waals surface area contributed by atoms with Gasteiger partial charge in [0.2, 0.25) is 5.89 Å². The quantitative estimate of drug-likeness (QED) is 0.432. The fourth-order valence-corrected chi connectivity index (χ4v) is 3.40. The molecule has 150 valence electrons. The van der Waals surface area contributed by atoms with Crippen molar-refractivity contribution in [3.8, 4) is 22.8 Å². The van der Waals surface area contributed by atoms with Crippen LogP contribution in [0.1, 0.15) is 29.3 Å². The Labute approximate surface area is 176 Å². The van der Waals surface area contributed by atoms with E-state index in [1.54, 1.807) is 12.3 Å². The average molecular weight is 396 g/mol. The van der Waals surface area contributed by atoms with Crippen LogP contribution in [0.15, 0.2) is 95.5 Å². The number of aromatic nitrogens is 1. The van der Waals surface area contributed by atoms with Gasteiger partial charge in [0.05, 0.1) is 11.8 Å². The fourth-order valence-electron chi connectivity index (χ4n) is 3.40. The summed E-state index contributed by atoms with van der Waals surface area (Å²) in [5, 5.41) is 3.11. The second kappa shape index (κ2) is 9.23. The van der Waals surface area contributed by atoms with Gasteiger partial charge in [-0.3, -0.25) is 4.79 Å². The van der Waals surface area contributed by atoms with Crippen LogP contribution < -0.4 is 5.32 Å². The first-order chi connectivity index (χ1) is 14.7. The molecule has 1 amide bonds. The molecule has 0 saturated heterocycles. The number of aryl methyl sites for hydroxylation is 1. The summed E-state index contributed by atoms with van der Waals surface area (Å²) in [6.07, 6.45) is 3.49. The molecular formula is C26H24N2O2. The molecule has 0 fully saturated rings. The van der Waals surface area contributed by atoms with Gasteiger partial charge in [-0.25, -0.2) is 4.98 Å². The van der Waals surface area contributed by atoms with Crippen LogP contribution in [0.4, 0.5) is 0 Å². The Bertz CT molecular complexity index is 1100. The highest BCUT2D eigenvalue weighted by atomic mass is 16.4. The van der Waals surface area contributed by atoms with Gasteiger partial charge >= 0.3 is 0 Å². The third-order valence-corrected chi connectivity index (χ3v) is 5.05. The zero-order valence-electron chi connectivity index (χ0n) is 16.9. The van der Waals surface area contributed by atoms with Crippen LogP contribution in [0.3, 0.4) is 0 Å². The number of nitrogens with one attached hydrogen (secondary N) is 1. The molecule has 0 aliphatic heterocycles. The maximum atomic E-state index is 13.0. The van der Waals surface area contributed by atoms with Gasteiger partial charge < -0.3 is 9.73 Å². The molecule has 0 saturated carbocycles. The molecule has 0 unspecified atom stereocenters. The summed E-state index contributed by atoms with van der Waals surface area (Å²) in [7, 11) is 0. The maximum Gasteiger partial charge on any atom is 0.252 e. The predicted molar refractivity (Wildman–Crippen MR) is 119 cm³/mol. The van der Waals surface area contributed by atoms with Crippen LogP contribution in [0.5, 0.6) is 0 Å². The molecule has 4 aromatic rings. The summed E-state index contributed by atoms with van der Waals surface area (Å²) in [5.41, 5.74) is 3.47. The van der Waals surface area contributed by atoms with Crippen molar-refractivity contribution >= 4 is 5.91 Å². The highest BCUT2D eigenvalue weighted by molar-refractivity contribution is 6.00. The van der Waals surface area contributed by atoms with Crippen LogP contribution in [0, 0.1) is 0 Å². The topological polar surface area (TPSA) is 55.1 Å². The van der Waals surface area contributed by atoms with Crippen LogP contribution in [-0.4, -0.2) is 16.9 Å². The number of carbonyl (C=O) groups is 1. The molecule has 0 aliphatic rings. The van der Waals surface area contributed by atoms with E-state index in [9.17, 15) is 4.79 Å². The van der Waals surface area contributed by atoms with Crippen molar-refractivity contribution in [1.82, 2.24) is 10.3 Å². The molecule has 4 nitrogen and oxygen atoms in total. The number of hydrogen-bond acceptors (Lipinski definition) is 3. The third kappa shape index (κ3) is 4.66. The van der Waals surface area contributed by atoms with Crippen molar-refractivity contribution in [2.75, 3.05) is 0 Å². The van der Waals surface area contributed by atoms with Crippen LogP contribution >= 0.6 is 0 Å². The second-order valence-electron chi connectivity index (χ2n) is 7.34. The summed E-state index contributed by atoms with van der Waals surface area (Å²) in [6.45, 7) is 2.03. The first kappa shape index (κ1) is 19.6. The second-order valence-corrected chi connectivity index (χ2v) is 7.34. The van der Waals surface area contributed by atoms with Crippen molar-refractivity contribution in [3.63, 3.8) is 0 Å². The predicted octanol–water partition coefficient (Wildman–Crippen LogP) is 5.76. The van der Waals surface area contributed by atoms with Crippen molar-refractivity contribution in [2.45, 2.75) is 25.8 Å². The Kier molecular flexibility index (Phi) is 6.04. The van der Waals surface area contributed by atoms with Gasteiger partial charge in [-0.05, 0) is 37.5 Å². The Morgan fingerprint density at radius 1 is 0.933 bits per heavy atom. The number of carbonyl (C=O) groups excluding carboxylic acids is 1. The van der Waals surface area contributed by atoms with E-state index < -0.39 is 0 Å². The Hall–Kier alpha value is -3.66. The van der Waals surface area contributed by atoms with Gasteiger partial charge in [-0.15, -0.1) is 0 Å². The largest absolute Gasteiger partial charge is 0.436 e. The van der Waals surface area contributed by atoms with Crippen LogP contribution in [-0.2, 0) is 6.42 Å². The summed E-state index contributed by atoms with van der Waals surface area (Å²) < 4.78 is 5.97. The Morgan fingerprint density at radius 2 is 1.60 bits per heavy atom. The lowest BCUT2D eigenvalue weighted by Crippen LogP contribution is -2.33. The molecule has 1 N–H and O–H groups in total. The number of benzene rings is 3. The maximum absolute atomic E-state index is 13.0. The molecule has 4 rings (SSSR count). The normalized spacial score (nSPS) is 11.8. The minimum absolute atomic E-state index is 0.0511. The lowest BCUT2D eigenvalue weighted by molar-refractivity contribution is 0.0939. The van der Waals surface area contributed by atoms with Gasteiger partial charge in [0.1, 0.15) is 0 Å². The zero-order chi connectivity index (χ0) is 20.8. The molecule has 0 spiro atoms. The van der Waals surface area contributed by atoms with E-state index in [-0.39, 0.29) is 11.9 Å². The molecule has 30 heavy (non-hydrogen) atoms. The summed E-state index contributed by atoms with van der Waals surface area (Å²) in [4.78, 5) is 17.4. The van der Waals surface area contributed by atoms with E-state index in [0.29, 0.717) is 22.8 Å². The molecule has 0 bridgehead atoms. The van der Waals surface area contributed by atoms with Gasteiger partial charge in [0.15, 0.2) is 5.76 Å². The van der Waals surface area contributed by atoms with Crippen molar-refractivity contribution in [1.29, 1.82) is 0 Å². The SMILES string of the molecule is C[C@@H](CCc1ccccc1)NC(=O)c1ccccc1-c1ncc(-c2ccccc2)o1. The summed E-state index contributed by atoms with van der Waals surface area (Å²) in [5.74, 6) is 0.999. The van der Waals surface area contributed by atoms with E-state index in [1.165, 1.54) is 5.56 Å². The fraction of sp³-hybridized carbons (Fsp3) is 0.154. The van der Waals surface area contributed by atoms with Crippen LogP contribution in [0.2, 0.25) is 0 Å². The summed E-state index contributed by atoms with van der Waals surface area (Å²) in [6, 6.07) is 27.6. The first-order valence-corrected chi connectivity index (χ1v) is 10.2. The number of hydrogen-bond donors (Lipinski definition) is 1. The van der Waals surface area contributed by atoms with E-state index in [1.807, 2.05) is 73.7 Å². The molecule has 0 aliphatic carbocycles. The standard InChI is InChI=1S/C26H24N2O2/c1-19(16-17-20-10-4-2-5-11-20)28-25(29)22-14-8-9-15-23(22)26-27-18-24(30-26)21-12-6-3-7-13-21/h2-15,18-19H,16-17H2,1H3,(H,28,29)/t19-/m0/s1. The smallest absolute Gasteiger partial charge is 0.252 e. The van der Waals surface area contributed by atoms with Gasteiger partial charge in [-0.2, -0.15) is 0 Å². The molecule has 4 heteroatoms. The van der Waals surface area contributed by atoms with E-state index >= 15 is 0 Å². The number of nitrogens with zero attached hydrogens (tertiary/aromatic N) is 1. The molecule has 1 atom stereocenters. The minimum Gasteiger partial charge on any atom is -0.436 e. The van der Waals surface area contributed by atoms with E-state index in [0.717, 1.165) is 18.4 Å². The number of rotatable bonds is 7. The van der Waals surface area contributed by atoms with Gasteiger partial charge in [0.25, 0.3) is 5.91 Å². The number of amides is 1. The third-order valence-electron chi connectivity index (χ3n) is 5.05. The monoisotopic (exact) mass is 396 g/mol. The molecule has 1 aromatic heterocycles. The van der Waals surface area contributed by atoms with E-state index in [4.69, 9.17) is 4.42 Å². The summed E-state index contributed by atoms with van der Waals surface area (Å²) >= 11 is 0. The molecule has 0 radical (unpaired) electrons. The van der Waals surface area contributed by atoms with Crippen molar-refractivity contribution in [2.24, 2.45) is 0 Å². The lowest BCUT2D eigenvalue weighted by Gasteiger charge is -2.15. The molecular weight excluding hydrogens is 372 g/mol. The van der Waals surface area contributed by atoms with Gasteiger partial charge in [-0.1, -0.05) is 72.8 Å². The Morgan fingerprint density at radius 3 is 2.37 bits per heavy atom. The minimum atomic E-state index is -0.120. The highest BCUT2D eigenvalue weighted by Gasteiger charge is 2.18.